The van der Waals surface area contributed by atoms with Gasteiger partial charge in [0.15, 0.2) is 0 Å². The summed E-state index contributed by atoms with van der Waals surface area (Å²) < 4.78 is 10.8. The monoisotopic (exact) mass is 322 g/mol. The van der Waals surface area contributed by atoms with Crippen LogP contribution in [0.15, 0.2) is 24.3 Å². The molecule has 0 bridgehead atoms. The number of halogens is 1. The highest BCUT2D eigenvalue weighted by molar-refractivity contribution is 9.09. The molecule has 4 heteroatoms. The fraction of sp³-hybridized carbons (Fsp3) is 0.400. The first-order chi connectivity index (χ1) is 9.31. The molecule has 3 nitrogen and oxygen atoms in total. The maximum atomic E-state index is 12.1. The van der Waals surface area contributed by atoms with Crippen molar-refractivity contribution in [1.82, 2.24) is 0 Å². The number of hydrogen-bond donors (Lipinski definition) is 0. The number of carbonyl (C=O) groups excluding carboxylic acids is 1. The van der Waals surface area contributed by atoms with Crippen molar-refractivity contribution in [3.05, 3.63) is 35.4 Å². The summed E-state index contributed by atoms with van der Waals surface area (Å²) in [6, 6.07) is 7.20. The van der Waals surface area contributed by atoms with Gasteiger partial charge in [-0.05, 0) is 25.0 Å². The van der Waals surface area contributed by atoms with Gasteiger partial charge in [-0.2, -0.15) is 0 Å². The Morgan fingerprint density at radius 2 is 2.26 bits per heavy atom. The van der Waals surface area contributed by atoms with Crippen molar-refractivity contribution in [3.8, 4) is 11.8 Å². The highest BCUT2D eigenvalue weighted by Gasteiger charge is 2.20. The van der Waals surface area contributed by atoms with Crippen molar-refractivity contribution in [1.29, 1.82) is 0 Å². The lowest BCUT2D eigenvalue weighted by Gasteiger charge is -2.22. The van der Waals surface area contributed by atoms with E-state index < -0.39 is 6.29 Å². The molecule has 0 saturated carbocycles. The molecule has 1 heterocycles. The van der Waals surface area contributed by atoms with Crippen molar-refractivity contribution in [3.63, 3.8) is 0 Å². The van der Waals surface area contributed by atoms with Crippen LogP contribution >= 0.6 is 15.9 Å². The van der Waals surface area contributed by atoms with E-state index in [1.807, 2.05) is 12.1 Å². The Morgan fingerprint density at radius 1 is 1.42 bits per heavy atom. The minimum absolute atomic E-state index is 0.369. The lowest BCUT2D eigenvalue weighted by Crippen LogP contribution is -2.25. The topological polar surface area (TPSA) is 35.5 Å². The van der Waals surface area contributed by atoms with Crippen molar-refractivity contribution < 1.29 is 14.3 Å². The molecule has 1 atom stereocenters. The SMILES string of the molecule is O=C(OC1CCCCO1)c1ccccc1C#CCBr. The highest BCUT2D eigenvalue weighted by Crippen LogP contribution is 2.17. The maximum Gasteiger partial charge on any atom is 0.341 e. The smallest absolute Gasteiger partial charge is 0.341 e. The summed E-state index contributed by atoms with van der Waals surface area (Å²) in [7, 11) is 0. The average Bonchev–Trinajstić information content (AvgIpc) is 2.46. The van der Waals surface area contributed by atoms with Gasteiger partial charge in [0.05, 0.1) is 17.5 Å². The molecule has 0 radical (unpaired) electrons. The molecule has 0 aromatic heterocycles. The van der Waals surface area contributed by atoms with E-state index in [0.29, 0.717) is 23.1 Å². The Labute approximate surface area is 121 Å². The molecule has 1 unspecified atom stereocenters. The zero-order chi connectivity index (χ0) is 13.5. The van der Waals surface area contributed by atoms with E-state index >= 15 is 0 Å². The van der Waals surface area contributed by atoms with E-state index in [1.54, 1.807) is 12.1 Å². The molecule has 19 heavy (non-hydrogen) atoms. The van der Waals surface area contributed by atoms with E-state index in [2.05, 4.69) is 27.8 Å². The van der Waals surface area contributed by atoms with Gasteiger partial charge in [0.25, 0.3) is 0 Å². The van der Waals surface area contributed by atoms with Gasteiger partial charge in [0, 0.05) is 12.0 Å². The maximum absolute atomic E-state index is 12.1. The fourth-order valence-electron chi connectivity index (χ4n) is 1.89. The molecule has 2 rings (SSSR count). The van der Waals surface area contributed by atoms with E-state index in [1.165, 1.54) is 0 Å². The van der Waals surface area contributed by atoms with E-state index in [9.17, 15) is 4.79 Å². The third kappa shape index (κ3) is 4.09. The predicted octanol–water partition coefficient (Wildman–Crippen LogP) is 3.12. The number of benzene rings is 1. The van der Waals surface area contributed by atoms with Crippen LogP contribution in [0.2, 0.25) is 0 Å². The predicted molar refractivity (Wildman–Crippen MR) is 76.1 cm³/mol. The molecule has 0 spiro atoms. The van der Waals surface area contributed by atoms with Gasteiger partial charge in [-0.15, -0.1) is 0 Å². The van der Waals surface area contributed by atoms with Crippen LogP contribution in [0, 0.1) is 11.8 Å². The minimum Gasteiger partial charge on any atom is -0.432 e. The largest absolute Gasteiger partial charge is 0.432 e. The average molecular weight is 323 g/mol. The summed E-state index contributed by atoms with van der Waals surface area (Å²) >= 11 is 3.24. The molecule has 1 aromatic carbocycles. The van der Waals surface area contributed by atoms with Gasteiger partial charge >= 0.3 is 5.97 Å². The first-order valence-electron chi connectivity index (χ1n) is 6.27. The summed E-state index contributed by atoms with van der Waals surface area (Å²) in [4.78, 5) is 12.1. The molecule has 1 aliphatic rings. The van der Waals surface area contributed by atoms with Gasteiger partial charge in [-0.25, -0.2) is 4.79 Å². The molecular weight excluding hydrogens is 308 g/mol. The van der Waals surface area contributed by atoms with Crippen LogP contribution in [-0.4, -0.2) is 24.2 Å². The van der Waals surface area contributed by atoms with Crippen molar-refractivity contribution >= 4 is 21.9 Å². The zero-order valence-electron chi connectivity index (χ0n) is 10.5. The number of ether oxygens (including phenoxy) is 2. The molecule has 100 valence electrons. The second-order valence-electron chi connectivity index (χ2n) is 4.18. The summed E-state index contributed by atoms with van der Waals surface area (Å²) in [6.45, 7) is 0.656. The normalized spacial score (nSPS) is 18.3. The zero-order valence-corrected chi connectivity index (χ0v) is 12.1. The lowest BCUT2D eigenvalue weighted by molar-refractivity contribution is -0.131. The molecule has 0 N–H and O–H groups in total. The molecule has 0 aliphatic carbocycles. The Balaban J connectivity index is 2.09. The Morgan fingerprint density at radius 3 is 3.00 bits per heavy atom. The van der Waals surface area contributed by atoms with Crippen LogP contribution in [0.3, 0.4) is 0 Å². The Hall–Kier alpha value is -1.31. The van der Waals surface area contributed by atoms with Crippen LogP contribution in [0.4, 0.5) is 0 Å². The molecule has 1 aliphatic heterocycles. The van der Waals surface area contributed by atoms with Crippen LogP contribution < -0.4 is 0 Å². The minimum atomic E-state index is -0.418. The Bertz CT molecular complexity index is 496. The highest BCUT2D eigenvalue weighted by atomic mass is 79.9. The quantitative estimate of drug-likeness (QED) is 0.477. The van der Waals surface area contributed by atoms with Gasteiger partial charge in [0.2, 0.25) is 6.29 Å². The molecule has 0 amide bonds. The van der Waals surface area contributed by atoms with Crippen LogP contribution in [0.25, 0.3) is 0 Å². The van der Waals surface area contributed by atoms with Gasteiger partial charge in [0.1, 0.15) is 0 Å². The van der Waals surface area contributed by atoms with Crippen molar-refractivity contribution in [2.24, 2.45) is 0 Å². The van der Waals surface area contributed by atoms with Gasteiger partial charge in [-0.1, -0.05) is 39.9 Å². The first kappa shape index (κ1) is 14.1. The third-order valence-corrected chi connectivity index (χ3v) is 3.09. The summed E-state index contributed by atoms with van der Waals surface area (Å²) in [6.07, 6.45) is 2.41. The molecule has 1 fully saturated rings. The van der Waals surface area contributed by atoms with Crippen LogP contribution in [0.5, 0.6) is 0 Å². The molecule has 1 saturated heterocycles. The lowest BCUT2D eigenvalue weighted by atomic mass is 10.1. The Kier molecular flexibility index (Phi) is 5.44. The summed E-state index contributed by atoms with van der Waals surface area (Å²) in [5, 5.41) is 0.572. The first-order valence-corrected chi connectivity index (χ1v) is 7.40. The van der Waals surface area contributed by atoms with Crippen LogP contribution in [0.1, 0.15) is 35.2 Å². The number of rotatable bonds is 2. The third-order valence-electron chi connectivity index (χ3n) is 2.81. The van der Waals surface area contributed by atoms with E-state index in [-0.39, 0.29) is 5.97 Å². The number of carbonyl (C=O) groups is 1. The van der Waals surface area contributed by atoms with Crippen molar-refractivity contribution in [2.45, 2.75) is 25.6 Å². The second-order valence-corrected chi connectivity index (χ2v) is 4.74. The summed E-state index contributed by atoms with van der Waals surface area (Å²) in [5.41, 5.74) is 1.17. The molecule has 1 aromatic rings. The second kappa shape index (κ2) is 7.32. The number of alkyl halides is 1. The van der Waals surface area contributed by atoms with E-state index in [4.69, 9.17) is 9.47 Å². The van der Waals surface area contributed by atoms with Gasteiger partial charge < -0.3 is 9.47 Å². The van der Waals surface area contributed by atoms with Crippen LogP contribution in [-0.2, 0) is 9.47 Å². The number of esters is 1. The standard InChI is InChI=1S/C15H15BrO3/c16-10-5-7-12-6-1-2-8-13(12)15(17)19-14-9-3-4-11-18-14/h1-2,6,8,14H,3-4,9-11H2. The van der Waals surface area contributed by atoms with Gasteiger partial charge in [-0.3, -0.25) is 0 Å². The van der Waals surface area contributed by atoms with E-state index in [0.717, 1.165) is 19.3 Å². The summed E-state index contributed by atoms with van der Waals surface area (Å²) in [5.74, 6) is 5.46. The number of hydrogen-bond acceptors (Lipinski definition) is 3. The molecular formula is C15H15BrO3. The fourth-order valence-corrected chi connectivity index (χ4v) is 2.03. The van der Waals surface area contributed by atoms with Crippen molar-refractivity contribution in [2.75, 3.05) is 11.9 Å².